The van der Waals surface area contributed by atoms with E-state index < -0.39 is 18.1 Å². The van der Waals surface area contributed by atoms with Gasteiger partial charge in [0.2, 0.25) is 5.91 Å². The SMILES string of the molecule is O=C(CCCC[C@@H]1CCSS1)NC(CCCCNC(=O)Oc1ccc2oc(-c3ccccc3)cc(=O)c2c1)C(=O)O. The average molecular weight is 599 g/mol. The lowest BCUT2D eigenvalue weighted by molar-refractivity contribution is -0.142. The maximum Gasteiger partial charge on any atom is 0.412 e. The third kappa shape index (κ3) is 9.57. The summed E-state index contributed by atoms with van der Waals surface area (Å²) in [6.07, 6.45) is 4.93. The second-order valence-corrected chi connectivity index (χ2v) is 12.6. The second kappa shape index (κ2) is 15.5. The highest BCUT2D eigenvalue weighted by atomic mass is 33.1. The Balaban J connectivity index is 1.16. The summed E-state index contributed by atoms with van der Waals surface area (Å²) in [4.78, 5) is 48.7. The zero-order valence-electron chi connectivity index (χ0n) is 22.6. The van der Waals surface area contributed by atoms with Crippen LogP contribution >= 0.6 is 21.6 Å². The Bertz CT molecular complexity index is 1390. The van der Waals surface area contributed by atoms with Crippen LogP contribution in [0.2, 0.25) is 0 Å². The lowest BCUT2D eigenvalue weighted by Crippen LogP contribution is -2.40. The number of ether oxygens (including phenoxy) is 1. The van der Waals surface area contributed by atoms with Crippen molar-refractivity contribution in [2.75, 3.05) is 12.3 Å². The molecular formula is C30H34N2O7S2. The zero-order chi connectivity index (χ0) is 29.0. The largest absolute Gasteiger partial charge is 0.480 e. The van der Waals surface area contributed by atoms with E-state index in [4.69, 9.17) is 9.15 Å². The molecule has 3 aromatic rings. The Labute approximate surface area is 246 Å². The lowest BCUT2D eigenvalue weighted by atomic mass is 10.1. The van der Waals surface area contributed by atoms with Crippen molar-refractivity contribution in [2.24, 2.45) is 0 Å². The molecule has 0 spiro atoms. The van der Waals surface area contributed by atoms with Crippen molar-refractivity contribution >= 4 is 50.5 Å². The first-order chi connectivity index (χ1) is 19.9. The number of carboxylic acids is 1. The van der Waals surface area contributed by atoms with Crippen molar-refractivity contribution in [1.29, 1.82) is 0 Å². The average Bonchev–Trinajstić information content (AvgIpc) is 3.49. The Kier molecular flexibility index (Phi) is 11.6. The number of fused-ring (bicyclic) bond motifs is 1. The van der Waals surface area contributed by atoms with E-state index >= 15 is 0 Å². The summed E-state index contributed by atoms with van der Waals surface area (Å²) in [6, 6.07) is 14.3. The van der Waals surface area contributed by atoms with Crippen LogP contribution in [0.25, 0.3) is 22.3 Å². The molecule has 0 aliphatic carbocycles. The Morgan fingerprint density at radius 2 is 1.88 bits per heavy atom. The molecule has 1 fully saturated rings. The Hall–Kier alpha value is -3.44. The maximum atomic E-state index is 12.7. The summed E-state index contributed by atoms with van der Waals surface area (Å²) < 4.78 is 11.2. The fourth-order valence-electron chi connectivity index (χ4n) is 4.50. The first-order valence-electron chi connectivity index (χ1n) is 13.8. The van der Waals surface area contributed by atoms with Crippen LogP contribution in [0.15, 0.2) is 63.8 Å². The van der Waals surface area contributed by atoms with Gasteiger partial charge in [-0.15, -0.1) is 0 Å². The maximum absolute atomic E-state index is 12.7. The lowest BCUT2D eigenvalue weighted by Gasteiger charge is -2.15. The number of amides is 2. The van der Waals surface area contributed by atoms with Gasteiger partial charge in [0.25, 0.3) is 0 Å². The third-order valence-corrected chi connectivity index (χ3v) is 9.70. The smallest absolute Gasteiger partial charge is 0.412 e. The molecule has 1 aromatic heterocycles. The van der Waals surface area contributed by atoms with Crippen LogP contribution < -0.4 is 20.8 Å². The molecule has 0 radical (unpaired) electrons. The van der Waals surface area contributed by atoms with E-state index in [-0.39, 0.29) is 30.1 Å². The van der Waals surface area contributed by atoms with Crippen molar-refractivity contribution in [2.45, 2.75) is 62.7 Å². The van der Waals surface area contributed by atoms with Crippen LogP contribution in [0, 0.1) is 0 Å². The minimum absolute atomic E-state index is 0.198. The van der Waals surface area contributed by atoms with Crippen molar-refractivity contribution < 1.29 is 28.6 Å². The number of rotatable bonds is 14. The van der Waals surface area contributed by atoms with Crippen molar-refractivity contribution in [3.63, 3.8) is 0 Å². The summed E-state index contributed by atoms with van der Waals surface area (Å²) in [5.74, 6) is 0.528. The molecule has 1 unspecified atom stereocenters. The molecule has 41 heavy (non-hydrogen) atoms. The highest BCUT2D eigenvalue weighted by Gasteiger charge is 2.20. The van der Waals surface area contributed by atoms with E-state index in [1.165, 1.54) is 24.3 Å². The van der Waals surface area contributed by atoms with Gasteiger partial charge < -0.3 is 24.9 Å². The number of unbranched alkanes of at least 4 members (excludes halogenated alkanes) is 2. The fourth-order valence-corrected chi connectivity index (χ4v) is 7.52. The van der Waals surface area contributed by atoms with Crippen molar-refractivity contribution in [3.8, 4) is 17.1 Å². The van der Waals surface area contributed by atoms with E-state index in [0.717, 1.165) is 24.8 Å². The monoisotopic (exact) mass is 598 g/mol. The second-order valence-electron chi connectivity index (χ2n) is 9.84. The molecule has 1 saturated heterocycles. The van der Waals surface area contributed by atoms with Gasteiger partial charge in [0.1, 0.15) is 23.1 Å². The fraction of sp³-hybridized carbons (Fsp3) is 0.400. The zero-order valence-corrected chi connectivity index (χ0v) is 24.3. The minimum Gasteiger partial charge on any atom is -0.480 e. The van der Waals surface area contributed by atoms with Crippen LogP contribution in [0.5, 0.6) is 5.75 Å². The number of benzene rings is 2. The van der Waals surface area contributed by atoms with Gasteiger partial charge in [0.15, 0.2) is 5.43 Å². The molecule has 2 heterocycles. The van der Waals surface area contributed by atoms with Gasteiger partial charge in [0.05, 0.1) is 5.39 Å². The van der Waals surface area contributed by atoms with Gasteiger partial charge in [-0.25, -0.2) is 9.59 Å². The molecule has 4 rings (SSSR count). The standard InChI is InChI=1S/C30H34N2O7S2/c33-25-19-27(20-8-2-1-3-9-20)39-26-14-13-21(18-23(25)26)38-30(37)31-16-7-6-11-24(29(35)36)32-28(34)12-5-4-10-22-15-17-40-41-22/h1-3,8-9,13-14,18-19,22,24H,4-7,10-12,15-17H2,(H,31,37)(H,32,34)(H,35,36)/t22-,24?/m1/s1. The number of aliphatic carboxylic acids is 1. The van der Waals surface area contributed by atoms with Gasteiger partial charge in [-0.2, -0.15) is 0 Å². The summed E-state index contributed by atoms with van der Waals surface area (Å²) in [5, 5.41) is 15.7. The van der Waals surface area contributed by atoms with E-state index in [0.29, 0.717) is 41.2 Å². The summed E-state index contributed by atoms with van der Waals surface area (Å²) in [7, 11) is 3.82. The highest BCUT2D eigenvalue weighted by Crippen LogP contribution is 2.39. The topological polar surface area (TPSA) is 135 Å². The molecule has 1 aliphatic rings. The highest BCUT2D eigenvalue weighted by molar-refractivity contribution is 8.77. The number of carboxylic acid groups (broad SMARTS) is 1. The predicted molar refractivity (Wildman–Crippen MR) is 162 cm³/mol. The van der Waals surface area contributed by atoms with Crippen molar-refractivity contribution in [3.05, 3.63) is 64.8 Å². The molecule has 2 aromatic carbocycles. The van der Waals surface area contributed by atoms with E-state index in [1.807, 2.05) is 51.9 Å². The number of hydrogen-bond donors (Lipinski definition) is 3. The van der Waals surface area contributed by atoms with Gasteiger partial charge in [-0.3, -0.25) is 9.59 Å². The third-order valence-electron chi connectivity index (χ3n) is 6.70. The number of carbonyl (C=O) groups excluding carboxylic acids is 2. The molecule has 2 amide bonds. The van der Waals surface area contributed by atoms with Gasteiger partial charge >= 0.3 is 12.1 Å². The van der Waals surface area contributed by atoms with Crippen LogP contribution in [-0.4, -0.2) is 46.7 Å². The molecule has 3 N–H and O–H groups in total. The molecule has 9 nitrogen and oxygen atoms in total. The molecule has 11 heteroatoms. The minimum atomic E-state index is -1.07. The molecule has 0 bridgehead atoms. The Morgan fingerprint density at radius 1 is 1.05 bits per heavy atom. The van der Waals surface area contributed by atoms with Crippen LogP contribution in [0.3, 0.4) is 0 Å². The van der Waals surface area contributed by atoms with E-state index in [9.17, 15) is 24.3 Å². The number of carbonyl (C=O) groups is 3. The van der Waals surface area contributed by atoms with Gasteiger partial charge in [0, 0.05) is 35.6 Å². The summed E-state index contributed by atoms with van der Waals surface area (Å²) in [5.41, 5.74) is 0.914. The molecular weight excluding hydrogens is 564 g/mol. The number of nitrogens with one attached hydrogen (secondary N) is 2. The quantitative estimate of drug-likeness (QED) is 0.151. The molecule has 218 valence electrons. The molecule has 2 atom stereocenters. The Morgan fingerprint density at radius 3 is 2.63 bits per heavy atom. The molecule has 1 aliphatic heterocycles. The predicted octanol–water partition coefficient (Wildman–Crippen LogP) is 6.00. The number of hydrogen-bond acceptors (Lipinski definition) is 8. The van der Waals surface area contributed by atoms with E-state index in [2.05, 4.69) is 10.6 Å². The van der Waals surface area contributed by atoms with E-state index in [1.54, 1.807) is 12.1 Å². The van der Waals surface area contributed by atoms with Gasteiger partial charge in [-0.05, 0) is 56.7 Å². The normalized spacial score (nSPS) is 15.4. The first kappa shape index (κ1) is 30.5. The molecule has 0 saturated carbocycles. The van der Waals surface area contributed by atoms with Crippen LogP contribution in [0.1, 0.15) is 51.4 Å². The van der Waals surface area contributed by atoms with Crippen LogP contribution in [-0.2, 0) is 9.59 Å². The first-order valence-corrected chi connectivity index (χ1v) is 16.2. The van der Waals surface area contributed by atoms with Crippen LogP contribution in [0.4, 0.5) is 4.79 Å². The van der Waals surface area contributed by atoms with Crippen molar-refractivity contribution in [1.82, 2.24) is 10.6 Å². The summed E-state index contributed by atoms with van der Waals surface area (Å²) in [6.45, 7) is 0.271. The van der Waals surface area contributed by atoms with Gasteiger partial charge in [-0.1, -0.05) is 58.3 Å². The summed E-state index contributed by atoms with van der Waals surface area (Å²) >= 11 is 0.